The number of carbonyl (C=O) groups is 3. The molecule has 7 nitrogen and oxygen atoms in total. The van der Waals surface area contributed by atoms with Gasteiger partial charge in [-0.3, -0.25) is 9.59 Å². The summed E-state index contributed by atoms with van der Waals surface area (Å²) < 4.78 is 0.684. The molecule has 0 radical (unpaired) electrons. The number of nitrogens with zero attached hydrogens (tertiary/aromatic N) is 1. The molecular formula is C15H18BrN3O4. The lowest BCUT2D eigenvalue weighted by atomic mass is 10.2. The molecule has 124 valence electrons. The van der Waals surface area contributed by atoms with Gasteiger partial charge in [-0.25, -0.2) is 4.79 Å². The smallest absolute Gasteiger partial charge is 0.319 e. The lowest BCUT2D eigenvalue weighted by molar-refractivity contribution is -0.136. The molecule has 0 aromatic heterocycles. The Hall–Kier alpha value is -2.09. The van der Waals surface area contributed by atoms with E-state index >= 15 is 0 Å². The van der Waals surface area contributed by atoms with Crippen LogP contribution >= 0.6 is 15.9 Å². The Labute approximate surface area is 142 Å². The van der Waals surface area contributed by atoms with Crippen LogP contribution in [0.3, 0.4) is 0 Å². The van der Waals surface area contributed by atoms with E-state index < -0.39 is 12.0 Å². The number of benzene rings is 1. The Balaban J connectivity index is 2.00. The van der Waals surface area contributed by atoms with Crippen molar-refractivity contribution in [1.82, 2.24) is 10.2 Å². The van der Waals surface area contributed by atoms with Crippen molar-refractivity contribution in [1.29, 1.82) is 0 Å². The quantitative estimate of drug-likeness (QED) is 0.726. The highest BCUT2D eigenvalue weighted by atomic mass is 79.9. The van der Waals surface area contributed by atoms with Gasteiger partial charge in [0, 0.05) is 35.4 Å². The Morgan fingerprint density at radius 2 is 1.87 bits per heavy atom. The van der Waals surface area contributed by atoms with Gasteiger partial charge < -0.3 is 20.6 Å². The third-order valence-electron chi connectivity index (χ3n) is 3.42. The molecule has 1 aliphatic heterocycles. The molecule has 3 N–H and O–H groups in total. The van der Waals surface area contributed by atoms with Crippen molar-refractivity contribution in [2.75, 3.05) is 25.0 Å². The van der Waals surface area contributed by atoms with Crippen LogP contribution < -0.4 is 10.6 Å². The van der Waals surface area contributed by atoms with Gasteiger partial charge in [-0.1, -0.05) is 15.9 Å². The topological polar surface area (TPSA) is 98.7 Å². The summed E-state index contributed by atoms with van der Waals surface area (Å²) in [6.45, 7) is 1.54. The SMILES string of the molecule is O=C(O)CCNC(=O)Nc1cc(Br)cc(C(=O)N2CCCC2)c1. The summed E-state index contributed by atoms with van der Waals surface area (Å²) in [7, 11) is 0. The Bertz CT molecular complexity index is 615. The maximum atomic E-state index is 12.4. The van der Waals surface area contributed by atoms with Crippen LogP contribution in [0.1, 0.15) is 29.6 Å². The zero-order valence-electron chi connectivity index (χ0n) is 12.5. The van der Waals surface area contributed by atoms with Crippen LogP contribution in [0.2, 0.25) is 0 Å². The minimum atomic E-state index is -0.980. The second-order valence-electron chi connectivity index (χ2n) is 5.25. The molecule has 0 aliphatic carbocycles. The van der Waals surface area contributed by atoms with Crippen molar-refractivity contribution in [3.8, 4) is 0 Å². The van der Waals surface area contributed by atoms with E-state index in [9.17, 15) is 14.4 Å². The highest BCUT2D eigenvalue weighted by molar-refractivity contribution is 9.10. The zero-order chi connectivity index (χ0) is 16.8. The summed E-state index contributed by atoms with van der Waals surface area (Å²) in [5, 5.41) is 13.6. The van der Waals surface area contributed by atoms with Crippen molar-refractivity contribution in [2.24, 2.45) is 0 Å². The number of aliphatic carboxylic acids is 1. The maximum Gasteiger partial charge on any atom is 0.319 e. The van der Waals surface area contributed by atoms with Gasteiger partial charge in [-0.15, -0.1) is 0 Å². The molecule has 8 heteroatoms. The first-order chi connectivity index (χ1) is 11.0. The highest BCUT2D eigenvalue weighted by Crippen LogP contribution is 2.22. The molecule has 3 amide bonds. The van der Waals surface area contributed by atoms with Gasteiger partial charge in [-0.2, -0.15) is 0 Å². The number of carbonyl (C=O) groups excluding carboxylic acids is 2. The predicted octanol–water partition coefficient (Wildman–Crippen LogP) is 2.28. The van der Waals surface area contributed by atoms with Gasteiger partial charge in [0.1, 0.15) is 0 Å². The van der Waals surface area contributed by atoms with Crippen LogP contribution in [0.25, 0.3) is 0 Å². The molecule has 1 heterocycles. The number of hydrogen-bond donors (Lipinski definition) is 3. The summed E-state index contributed by atoms with van der Waals surface area (Å²) in [4.78, 5) is 36.3. The lowest BCUT2D eigenvalue weighted by Gasteiger charge is -2.16. The third kappa shape index (κ3) is 5.24. The van der Waals surface area contributed by atoms with Crippen LogP contribution in [0, 0.1) is 0 Å². The number of hydrogen-bond acceptors (Lipinski definition) is 3. The fraction of sp³-hybridized carbons (Fsp3) is 0.400. The van der Waals surface area contributed by atoms with E-state index in [0.717, 1.165) is 25.9 Å². The Morgan fingerprint density at radius 1 is 1.17 bits per heavy atom. The molecule has 0 saturated carbocycles. The van der Waals surface area contributed by atoms with Crippen LogP contribution in [0.4, 0.5) is 10.5 Å². The second kappa shape index (κ2) is 7.96. The zero-order valence-corrected chi connectivity index (χ0v) is 14.1. The van der Waals surface area contributed by atoms with Gasteiger partial charge in [0.15, 0.2) is 0 Å². The van der Waals surface area contributed by atoms with E-state index in [2.05, 4.69) is 26.6 Å². The van der Waals surface area contributed by atoms with Gasteiger partial charge in [0.25, 0.3) is 5.91 Å². The van der Waals surface area contributed by atoms with Gasteiger partial charge in [-0.05, 0) is 31.0 Å². The summed E-state index contributed by atoms with van der Waals surface area (Å²) in [5.74, 6) is -1.04. The fourth-order valence-electron chi connectivity index (χ4n) is 2.35. The first-order valence-corrected chi connectivity index (χ1v) is 8.11. The van der Waals surface area contributed by atoms with Crippen LogP contribution in [0.15, 0.2) is 22.7 Å². The van der Waals surface area contributed by atoms with E-state index in [4.69, 9.17) is 5.11 Å². The molecule has 1 fully saturated rings. The number of likely N-dealkylation sites (tertiary alicyclic amines) is 1. The van der Waals surface area contributed by atoms with Crippen molar-refractivity contribution in [3.63, 3.8) is 0 Å². The summed E-state index contributed by atoms with van der Waals surface area (Å²) in [6.07, 6.45) is 1.87. The van der Waals surface area contributed by atoms with Crippen molar-refractivity contribution >= 4 is 39.5 Å². The number of carboxylic acid groups (broad SMARTS) is 1. The first-order valence-electron chi connectivity index (χ1n) is 7.32. The molecule has 1 saturated heterocycles. The number of halogens is 1. The molecular weight excluding hydrogens is 366 g/mol. The normalized spacial score (nSPS) is 13.7. The number of amides is 3. The van der Waals surface area contributed by atoms with Crippen LogP contribution in [-0.2, 0) is 4.79 Å². The number of anilines is 1. The third-order valence-corrected chi connectivity index (χ3v) is 3.88. The molecule has 2 rings (SSSR count). The standard InChI is InChI=1S/C15H18BrN3O4/c16-11-7-10(14(22)19-5-1-2-6-19)8-12(9-11)18-15(23)17-4-3-13(20)21/h7-9H,1-6H2,(H,20,21)(H2,17,18,23). The molecule has 0 atom stereocenters. The first kappa shape index (κ1) is 17.3. The second-order valence-corrected chi connectivity index (χ2v) is 6.17. The number of urea groups is 1. The fourth-order valence-corrected chi connectivity index (χ4v) is 2.84. The van der Waals surface area contributed by atoms with Gasteiger partial charge in [0.05, 0.1) is 6.42 Å². The van der Waals surface area contributed by atoms with E-state index in [1.165, 1.54) is 0 Å². The highest BCUT2D eigenvalue weighted by Gasteiger charge is 2.20. The summed E-state index contributed by atoms with van der Waals surface area (Å²) in [6, 6.07) is 4.50. The van der Waals surface area contributed by atoms with Gasteiger partial charge in [0.2, 0.25) is 0 Å². The minimum absolute atomic E-state index is 0.0364. The molecule has 1 aliphatic rings. The van der Waals surface area contributed by atoms with Crippen LogP contribution in [0.5, 0.6) is 0 Å². The van der Waals surface area contributed by atoms with Crippen molar-refractivity contribution in [3.05, 3.63) is 28.2 Å². The number of carboxylic acids is 1. The summed E-state index contributed by atoms with van der Waals surface area (Å²) in [5.41, 5.74) is 0.969. The van der Waals surface area contributed by atoms with E-state index in [1.807, 2.05) is 0 Å². The number of rotatable bonds is 5. The van der Waals surface area contributed by atoms with E-state index in [1.54, 1.807) is 23.1 Å². The van der Waals surface area contributed by atoms with Gasteiger partial charge >= 0.3 is 12.0 Å². The molecule has 23 heavy (non-hydrogen) atoms. The molecule has 0 spiro atoms. The number of nitrogens with one attached hydrogen (secondary N) is 2. The summed E-state index contributed by atoms with van der Waals surface area (Å²) >= 11 is 3.33. The lowest BCUT2D eigenvalue weighted by Crippen LogP contribution is -2.31. The Morgan fingerprint density at radius 3 is 2.52 bits per heavy atom. The van der Waals surface area contributed by atoms with Crippen molar-refractivity contribution in [2.45, 2.75) is 19.3 Å². The molecule has 1 aromatic carbocycles. The Kier molecular flexibility index (Phi) is 5.97. The van der Waals surface area contributed by atoms with E-state index in [-0.39, 0.29) is 18.9 Å². The molecule has 0 unspecified atom stereocenters. The van der Waals surface area contributed by atoms with Crippen LogP contribution in [-0.4, -0.2) is 47.5 Å². The monoisotopic (exact) mass is 383 g/mol. The molecule has 0 bridgehead atoms. The largest absolute Gasteiger partial charge is 0.481 e. The minimum Gasteiger partial charge on any atom is -0.481 e. The van der Waals surface area contributed by atoms with E-state index in [0.29, 0.717) is 15.7 Å². The maximum absolute atomic E-state index is 12.4. The molecule has 1 aromatic rings. The average Bonchev–Trinajstić information content (AvgIpc) is 2.99. The average molecular weight is 384 g/mol. The van der Waals surface area contributed by atoms with Crippen molar-refractivity contribution < 1.29 is 19.5 Å². The predicted molar refractivity (Wildman–Crippen MR) is 88.6 cm³/mol.